The van der Waals surface area contributed by atoms with Gasteiger partial charge in [-0.1, -0.05) is 42.5 Å². The lowest BCUT2D eigenvalue weighted by atomic mass is 10.0. The molecule has 0 N–H and O–H groups in total. The molecule has 1 aliphatic heterocycles. The minimum absolute atomic E-state index is 0.00550. The molecule has 0 saturated carbocycles. The van der Waals surface area contributed by atoms with E-state index in [1.54, 1.807) is 0 Å². The minimum atomic E-state index is -0.00550. The molecule has 2 unspecified atom stereocenters. The molecule has 122 valence electrons. The summed E-state index contributed by atoms with van der Waals surface area (Å²) in [6.45, 7) is 0. The Balaban J connectivity index is 1.66. The first-order valence-corrected chi connectivity index (χ1v) is 8.80. The first-order valence-electron chi connectivity index (χ1n) is 8.80. The van der Waals surface area contributed by atoms with Crippen LogP contribution in [0.25, 0.3) is 0 Å². The van der Waals surface area contributed by atoms with Crippen molar-refractivity contribution in [2.45, 2.75) is 25.0 Å². The fourth-order valence-corrected chi connectivity index (χ4v) is 4.13. The number of hydrogen-bond acceptors (Lipinski definition) is 3. The number of anilines is 1. The van der Waals surface area contributed by atoms with Gasteiger partial charge in [0, 0.05) is 29.9 Å². The molecule has 0 saturated heterocycles. The topological polar surface area (TPSA) is 28.5 Å². The number of rotatable bonds is 2. The smallest absolute Gasteiger partial charge is 0.147 e. The van der Waals surface area contributed by atoms with Crippen LogP contribution in [0, 0.1) is 0 Å². The third-order valence-corrected chi connectivity index (χ3v) is 5.27. The maximum absolute atomic E-state index is 4.91. The number of aryl methyl sites for hydroxylation is 1. The molecule has 0 radical (unpaired) electrons. The molecule has 2 aliphatic rings. The second-order valence-corrected chi connectivity index (χ2v) is 6.65. The van der Waals surface area contributed by atoms with Gasteiger partial charge in [0.05, 0.1) is 6.04 Å². The quantitative estimate of drug-likeness (QED) is 0.683. The van der Waals surface area contributed by atoms with Crippen LogP contribution >= 0.6 is 0 Å². The highest BCUT2D eigenvalue weighted by Gasteiger charge is 2.35. The number of benzene rings is 2. The van der Waals surface area contributed by atoms with Crippen LogP contribution in [0.15, 0.2) is 78.0 Å². The molecule has 5 rings (SSSR count). The molecule has 0 bridgehead atoms. The van der Waals surface area contributed by atoms with Gasteiger partial charge in [0.1, 0.15) is 6.17 Å². The Bertz CT molecular complexity index is 933. The van der Waals surface area contributed by atoms with Crippen molar-refractivity contribution >= 4 is 11.9 Å². The Hall–Kier alpha value is -2.94. The van der Waals surface area contributed by atoms with E-state index in [0.717, 1.165) is 12.8 Å². The van der Waals surface area contributed by atoms with Gasteiger partial charge in [-0.3, -0.25) is 9.98 Å². The van der Waals surface area contributed by atoms with E-state index in [2.05, 4.69) is 70.5 Å². The van der Waals surface area contributed by atoms with Gasteiger partial charge >= 0.3 is 0 Å². The molecule has 3 aromatic rings. The molecule has 0 fully saturated rings. The maximum atomic E-state index is 4.91. The lowest BCUT2D eigenvalue weighted by Crippen LogP contribution is -2.34. The Morgan fingerprint density at radius 1 is 0.880 bits per heavy atom. The Kier molecular flexibility index (Phi) is 3.37. The van der Waals surface area contributed by atoms with Gasteiger partial charge in [-0.05, 0) is 47.7 Å². The highest BCUT2D eigenvalue weighted by molar-refractivity contribution is 5.90. The number of aromatic nitrogens is 1. The second-order valence-electron chi connectivity index (χ2n) is 6.65. The predicted octanol–water partition coefficient (Wildman–Crippen LogP) is 4.71. The third kappa shape index (κ3) is 2.35. The van der Waals surface area contributed by atoms with Gasteiger partial charge in [0.25, 0.3) is 0 Å². The van der Waals surface area contributed by atoms with Crippen LogP contribution in [-0.2, 0) is 6.42 Å². The largest absolute Gasteiger partial charge is 0.338 e. The van der Waals surface area contributed by atoms with Crippen molar-refractivity contribution in [2.24, 2.45) is 4.99 Å². The zero-order valence-electron chi connectivity index (χ0n) is 13.9. The summed E-state index contributed by atoms with van der Waals surface area (Å²) < 4.78 is 0. The zero-order chi connectivity index (χ0) is 16.6. The number of aliphatic imine (C=N–C) groups is 1. The summed E-state index contributed by atoms with van der Waals surface area (Å²) in [5, 5.41) is 0. The van der Waals surface area contributed by atoms with E-state index in [1.165, 1.54) is 27.9 Å². The van der Waals surface area contributed by atoms with Crippen molar-refractivity contribution in [3.05, 3.63) is 95.3 Å². The molecule has 0 spiro atoms. The molecule has 3 nitrogen and oxygen atoms in total. The SMILES string of the molecule is C1=NC(c2ccncc2)N(C2CCc3ccccc32)c2ccccc21. The first-order chi connectivity index (χ1) is 12.4. The van der Waals surface area contributed by atoms with Crippen LogP contribution in [0.1, 0.15) is 40.9 Å². The van der Waals surface area contributed by atoms with Gasteiger partial charge in [0.15, 0.2) is 0 Å². The predicted molar refractivity (Wildman–Crippen MR) is 101 cm³/mol. The van der Waals surface area contributed by atoms with Crippen molar-refractivity contribution in [3.8, 4) is 0 Å². The minimum Gasteiger partial charge on any atom is -0.338 e. The summed E-state index contributed by atoms with van der Waals surface area (Å²) in [5.74, 6) is 0. The molecule has 2 aromatic carbocycles. The van der Waals surface area contributed by atoms with E-state index in [-0.39, 0.29) is 6.17 Å². The lowest BCUT2D eigenvalue weighted by Gasteiger charge is -2.40. The van der Waals surface area contributed by atoms with E-state index >= 15 is 0 Å². The van der Waals surface area contributed by atoms with Crippen molar-refractivity contribution in [3.63, 3.8) is 0 Å². The fraction of sp³-hybridized carbons (Fsp3) is 0.182. The average molecular weight is 325 g/mol. The van der Waals surface area contributed by atoms with Gasteiger partial charge in [0.2, 0.25) is 0 Å². The van der Waals surface area contributed by atoms with Crippen molar-refractivity contribution < 1.29 is 0 Å². The van der Waals surface area contributed by atoms with Crippen molar-refractivity contribution in [1.82, 2.24) is 4.98 Å². The Morgan fingerprint density at radius 3 is 2.60 bits per heavy atom. The monoisotopic (exact) mass is 325 g/mol. The van der Waals surface area contributed by atoms with Crippen LogP contribution in [0.2, 0.25) is 0 Å². The van der Waals surface area contributed by atoms with E-state index < -0.39 is 0 Å². The van der Waals surface area contributed by atoms with E-state index in [1.807, 2.05) is 18.6 Å². The van der Waals surface area contributed by atoms with Crippen molar-refractivity contribution in [2.75, 3.05) is 4.90 Å². The number of hydrogen-bond donors (Lipinski definition) is 0. The summed E-state index contributed by atoms with van der Waals surface area (Å²) in [7, 11) is 0. The third-order valence-electron chi connectivity index (χ3n) is 5.27. The van der Waals surface area contributed by atoms with Gasteiger partial charge in [-0.15, -0.1) is 0 Å². The standard InChI is InChI=1S/C22H19N3/c1-3-7-19-16(5-1)9-10-21(19)25-20-8-4-2-6-18(20)15-24-22(25)17-11-13-23-14-12-17/h1-8,11-15,21-22H,9-10H2. The molecule has 2 heterocycles. The Labute approximate surface area is 147 Å². The van der Waals surface area contributed by atoms with E-state index in [9.17, 15) is 0 Å². The average Bonchev–Trinajstić information content (AvgIpc) is 3.11. The number of nitrogens with zero attached hydrogens (tertiary/aromatic N) is 3. The van der Waals surface area contributed by atoms with Crippen LogP contribution in [0.5, 0.6) is 0 Å². The summed E-state index contributed by atoms with van der Waals surface area (Å²) in [5.41, 5.74) is 6.55. The van der Waals surface area contributed by atoms with E-state index in [4.69, 9.17) is 4.99 Å². The molecule has 25 heavy (non-hydrogen) atoms. The molecular weight excluding hydrogens is 306 g/mol. The number of fused-ring (bicyclic) bond motifs is 2. The Morgan fingerprint density at radius 2 is 1.68 bits per heavy atom. The number of para-hydroxylation sites is 1. The summed E-state index contributed by atoms with van der Waals surface area (Å²) in [6, 6.07) is 21.9. The lowest BCUT2D eigenvalue weighted by molar-refractivity contribution is 0.534. The van der Waals surface area contributed by atoms with Crippen LogP contribution in [0.3, 0.4) is 0 Å². The highest BCUT2D eigenvalue weighted by atomic mass is 15.3. The molecule has 0 amide bonds. The van der Waals surface area contributed by atoms with Gasteiger partial charge in [-0.2, -0.15) is 0 Å². The fourth-order valence-electron chi connectivity index (χ4n) is 4.13. The van der Waals surface area contributed by atoms with E-state index in [0.29, 0.717) is 6.04 Å². The second kappa shape index (κ2) is 5.85. The normalized spacial score (nSPS) is 21.0. The molecular formula is C22H19N3. The summed E-state index contributed by atoms with van der Waals surface area (Å²) in [6.07, 6.45) is 7.97. The number of pyridine rings is 1. The molecule has 3 heteroatoms. The van der Waals surface area contributed by atoms with Crippen LogP contribution < -0.4 is 4.90 Å². The summed E-state index contributed by atoms with van der Waals surface area (Å²) >= 11 is 0. The molecule has 1 aliphatic carbocycles. The van der Waals surface area contributed by atoms with Gasteiger partial charge in [-0.25, -0.2) is 0 Å². The summed E-state index contributed by atoms with van der Waals surface area (Å²) in [4.78, 5) is 11.6. The van der Waals surface area contributed by atoms with Crippen LogP contribution in [0.4, 0.5) is 5.69 Å². The zero-order valence-corrected chi connectivity index (χ0v) is 13.9. The van der Waals surface area contributed by atoms with Gasteiger partial charge < -0.3 is 4.90 Å². The van der Waals surface area contributed by atoms with Crippen LogP contribution in [-0.4, -0.2) is 11.2 Å². The molecule has 2 atom stereocenters. The first kappa shape index (κ1) is 14.4. The maximum Gasteiger partial charge on any atom is 0.147 e. The molecule has 1 aromatic heterocycles. The van der Waals surface area contributed by atoms with Crippen molar-refractivity contribution in [1.29, 1.82) is 0 Å². The highest BCUT2D eigenvalue weighted by Crippen LogP contribution is 2.45.